The van der Waals surface area contributed by atoms with Crippen LogP contribution in [0.1, 0.15) is 5.56 Å². The van der Waals surface area contributed by atoms with Crippen molar-refractivity contribution >= 4 is 24.0 Å². The molecule has 3 nitrogen and oxygen atoms in total. The number of halogens is 3. The van der Waals surface area contributed by atoms with Gasteiger partial charge < -0.3 is 14.8 Å². The highest BCUT2D eigenvalue weighted by Crippen LogP contribution is 2.32. The van der Waals surface area contributed by atoms with E-state index in [0.29, 0.717) is 23.1 Å². The van der Waals surface area contributed by atoms with E-state index in [9.17, 15) is 4.39 Å². The first-order valence-corrected chi connectivity index (χ1v) is 7.13. The lowest BCUT2D eigenvalue weighted by Gasteiger charge is -2.28. The lowest BCUT2D eigenvalue weighted by Crippen LogP contribution is -2.50. The molecule has 3 rings (SSSR count). The van der Waals surface area contributed by atoms with Gasteiger partial charge in [-0.3, -0.25) is 0 Å². The Labute approximate surface area is 139 Å². The van der Waals surface area contributed by atoms with Crippen LogP contribution >= 0.6 is 24.0 Å². The zero-order valence-electron chi connectivity index (χ0n) is 11.7. The zero-order valence-corrected chi connectivity index (χ0v) is 13.3. The number of hydrogen-bond acceptors (Lipinski definition) is 3. The van der Waals surface area contributed by atoms with E-state index >= 15 is 0 Å². The van der Waals surface area contributed by atoms with Crippen molar-refractivity contribution in [2.24, 2.45) is 0 Å². The standard InChI is InChI=1S/C16H15ClFNO2.ClH/c17-12-3-6-15(16(7-12)21-14-8-19-9-14)20-10-11-1-4-13(18)5-2-11;/h1-7,14,19H,8-10H2;1H. The van der Waals surface area contributed by atoms with Crippen LogP contribution in [0.5, 0.6) is 11.5 Å². The summed E-state index contributed by atoms with van der Waals surface area (Å²) in [7, 11) is 0. The number of ether oxygens (including phenoxy) is 2. The first kappa shape index (κ1) is 16.9. The molecule has 1 heterocycles. The van der Waals surface area contributed by atoms with Gasteiger partial charge in [0, 0.05) is 24.2 Å². The molecule has 6 heteroatoms. The summed E-state index contributed by atoms with van der Waals surface area (Å²) in [6.45, 7) is 2.00. The summed E-state index contributed by atoms with van der Waals surface area (Å²) in [5.74, 6) is 1.01. The van der Waals surface area contributed by atoms with Gasteiger partial charge in [0.25, 0.3) is 0 Å². The highest BCUT2D eigenvalue weighted by Gasteiger charge is 2.20. The molecule has 0 unspecified atom stereocenters. The summed E-state index contributed by atoms with van der Waals surface area (Å²) in [4.78, 5) is 0. The maximum Gasteiger partial charge on any atom is 0.163 e. The largest absolute Gasteiger partial charge is 0.485 e. The second-order valence-corrected chi connectivity index (χ2v) is 5.34. The summed E-state index contributed by atoms with van der Waals surface area (Å²) in [6.07, 6.45) is 0.150. The van der Waals surface area contributed by atoms with Gasteiger partial charge in [-0.05, 0) is 29.8 Å². The zero-order chi connectivity index (χ0) is 14.7. The van der Waals surface area contributed by atoms with Crippen LogP contribution < -0.4 is 14.8 Å². The molecule has 22 heavy (non-hydrogen) atoms. The molecule has 1 fully saturated rings. The maximum atomic E-state index is 12.9. The van der Waals surface area contributed by atoms with Gasteiger partial charge >= 0.3 is 0 Å². The minimum Gasteiger partial charge on any atom is -0.485 e. The van der Waals surface area contributed by atoms with Crippen LogP contribution in [0, 0.1) is 5.82 Å². The molecule has 0 spiro atoms. The molecular formula is C16H16Cl2FNO2. The molecule has 118 valence electrons. The SMILES string of the molecule is Cl.Fc1ccc(COc2ccc(Cl)cc2OC2CNC2)cc1. The summed E-state index contributed by atoms with van der Waals surface area (Å²) >= 11 is 6.00. The molecule has 2 aromatic carbocycles. The van der Waals surface area contributed by atoms with Crippen LogP contribution in [-0.4, -0.2) is 19.2 Å². The van der Waals surface area contributed by atoms with Gasteiger partial charge in [0.2, 0.25) is 0 Å². The van der Waals surface area contributed by atoms with E-state index < -0.39 is 0 Å². The number of benzene rings is 2. The quantitative estimate of drug-likeness (QED) is 0.894. The molecule has 0 aliphatic carbocycles. The van der Waals surface area contributed by atoms with E-state index in [4.69, 9.17) is 21.1 Å². The fraction of sp³-hybridized carbons (Fsp3) is 0.250. The van der Waals surface area contributed by atoms with E-state index in [1.165, 1.54) is 12.1 Å². The first-order chi connectivity index (χ1) is 10.2. The second kappa shape index (κ2) is 7.68. The predicted molar refractivity (Wildman–Crippen MR) is 86.7 cm³/mol. The third kappa shape index (κ3) is 4.26. The molecule has 2 aromatic rings. The Morgan fingerprint density at radius 2 is 1.82 bits per heavy atom. The van der Waals surface area contributed by atoms with E-state index in [2.05, 4.69) is 5.32 Å². The van der Waals surface area contributed by atoms with Crippen molar-refractivity contribution in [3.05, 3.63) is 58.9 Å². The van der Waals surface area contributed by atoms with Gasteiger partial charge in [0.05, 0.1) is 0 Å². The Morgan fingerprint density at radius 1 is 1.09 bits per heavy atom. The number of rotatable bonds is 5. The highest BCUT2D eigenvalue weighted by molar-refractivity contribution is 6.30. The van der Waals surface area contributed by atoms with Crippen molar-refractivity contribution in [2.75, 3.05) is 13.1 Å². The molecule has 1 N–H and O–H groups in total. The minimum atomic E-state index is -0.258. The predicted octanol–water partition coefficient (Wildman–Crippen LogP) is 3.83. The van der Waals surface area contributed by atoms with Crippen LogP contribution in [0.25, 0.3) is 0 Å². The summed E-state index contributed by atoms with van der Waals surface area (Å²) in [5, 5.41) is 3.75. The molecule has 1 saturated heterocycles. The fourth-order valence-electron chi connectivity index (χ4n) is 1.96. The second-order valence-electron chi connectivity index (χ2n) is 4.90. The fourth-order valence-corrected chi connectivity index (χ4v) is 2.12. The Morgan fingerprint density at radius 3 is 2.45 bits per heavy atom. The maximum absolute atomic E-state index is 12.9. The lowest BCUT2D eigenvalue weighted by atomic mass is 10.2. The average molecular weight is 344 g/mol. The van der Waals surface area contributed by atoms with Crippen molar-refractivity contribution in [1.82, 2.24) is 5.32 Å². The minimum absolute atomic E-state index is 0. The molecule has 0 saturated carbocycles. The van der Waals surface area contributed by atoms with E-state index in [0.717, 1.165) is 18.7 Å². The third-order valence-electron chi connectivity index (χ3n) is 3.25. The van der Waals surface area contributed by atoms with E-state index in [-0.39, 0.29) is 24.3 Å². The molecular weight excluding hydrogens is 328 g/mol. The normalized spacial score (nSPS) is 13.9. The average Bonchev–Trinajstić information content (AvgIpc) is 2.44. The molecule has 0 radical (unpaired) electrons. The van der Waals surface area contributed by atoms with Crippen molar-refractivity contribution in [3.8, 4) is 11.5 Å². The topological polar surface area (TPSA) is 30.5 Å². The summed E-state index contributed by atoms with van der Waals surface area (Å²) in [6, 6.07) is 11.5. The van der Waals surface area contributed by atoms with Crippen LogP contribution in [0.15, 0.2) is 42.5 Å². The highest BCUT2D eigenvalue weighted by atomic mass is 35.5. The first-order valence-electron chi connectivity index (χ1n) is 6.75. The number of nitrogens with one attached hydrogen (secondary N) is 1. The molecule has 1 aliphatic heterocycles. The van der Waals surface area contributed by atoms with Crippen molar-refractivity contribution in [2.45, 2.75) is 12.7 Å². The van der Waals surface area contributed by atoms with E-state index in [1.807, 2.05) is 0 Å². The third-order valence-corrected chi connectivity index (χ3v) is 3.49. The van der Waals surface area contributed by atoms with Crippen molar-refractivity contribution in [1.29, 1.82) is 0 Å². The van der Waals surface area contributed by atoms with Crippen LogP contribution in [-0.2, 0) is 6.61 Å². The van der Waals surface area contributed by atoms with Gasteiger partial charge in [0.15, 0.2) is 11.5 Å². The smallest absolute Gasteiger partial charge is 0.163 e. The van der Waals surface area contributed by atoms with Crippen LogP contribution in [0.4, 0.5) is 4.39 Å². The Kier molecular flexibility index (Phi) is 5.89. The van der Waals surface area contributed by atoms with E-state index in [1.54, 1.807) is 30.3 Å². The lowest BCUT2D eigenvalue weighted by molar-refractivity contribution is 0.134. The monoisotopic (exact) mass is 343 g/mol. The Balaban J connectivity index is 0.00000176. The molecule has 0 atom stereocenters. The molecule has 0 bridgehead atoms. The molecule has 1 aliphatic rings. The van der Waals surface area contributed by atoms with Crippen molar-refractivity contribution < 1.29 is 13.9 Å². The van der Waals surface area contributed by atoms with Gasteiger partial charge in [-0.2, -0.15) is 0 Å². The van der Waals surface area contributed by atoms with Crippen LogP contribution in [0.3, 0.4) is 0 Å². The summed E-state index contributed by atoms with van der Waals surface area (Å²) < 4.78 is 24.5. The molecule has 0 amide bonds. The van der Waals surface area contributed by atoms with Gasteiger partial charge in [0.1, 0.15) is 18.5 Å². The Bertz CT molecular complexity index is 618. The number of hydrogen-bond donors (Lipinski definition) is 1. The van der Waals surface area contributed by atoms with Gasteiger partial charge in [-0.25, -0.2) is 4.39 Å². The Hall–Kier alpha value is -1.49. The van der Waals surface area contributed by atoms with Crippen LogP contribution in [0.2, 0.25) is 5.02 Å². The summed E-state index contributed by atoms with van der Waals surface area (Å²) in [5.41, 5.74) is 0.891. The van der Waals surface area contributed by atoms with Gasteiger partial charge in [-0.1, -0.05) is 23.7 Å². The molecule has 0 aromatic heterocycles. The van der Waals surface area contributed by atoms with Gasteiger partial charge in [-0.15, -0.1) is 12.4 Å². The van der Waals surface area contributed by atoms with Crippen molar-refractivity contribution in [3.63, 3.8) is 0 Å².